The third-order valence-corrected chi connectivity index (χ3v) is 4.56. The molecule has 1 atom stereocenters. The average Bonchev–Trinajstić information content (AvgIpc) is 3.17. The van der Waals surface area contributed by atoms with Crippen molar-refractivity contribution in [1.29, 1.82) is 0 Å². The van der Waals surface area contributed by atoms with Crippen molar-refractivity contribution in [1.82, 2.24) is 10.2 Å². The van der Waals surface area contributed by atoms with E-state index in [4.69, 9.17) is 23.9 Å². The summed E-state index contributed by atoms with van der Waals surface area (Å²) in [5.74, 6) is 2.94. The Morgan fingerprint density at radius 3 is 2.70 bits per heavy atom. The summed E-state index contributed by atoms with van der Waals surface area (Å²) < 4.78 is 21.4. The van der Waals surface area contributed by atoms with Crippen LogP contribution in [0.1, 0.15) is 18.9 Å². The molecule has 1 aliphatic rings. The van der Waals surface area contributed by atoms with Gasteiger partial charge in [0.1, 0.15) is 0 Å². The van der Waals surface area contributed by atoms with Crippen molar-refractivity contribution in [3.63, 3.8) is 0 Å². The normalized spacial score (nSPS) is 17.3. The zero-order valence-electron chi connectivity index (χ0n) is 17.0. The molecule has 0 bridgehead atoms. The number of methoxy groups -OCH3 is 3. The Hall–Kier alpha value is -1.99. The average molecular weight is 380 g/mol. The van der Waals surface area contributed by atoms with Gasteiger partial charge in [0.2, 0.25) is 0 Å². The number of nitrogens with one attached hydrogen (secondary N) is 1. The first-order chi connectivity index (χ1) is 13.2. The molecule has 7 heteroatoms. The van der Waals surface area contributed by atoms with Crippen molar-refractivity contribution in [2.24, 2.45) is 10.9 Å². The zero-order chi connectivity index (χ0) is 19.5. The van der Waals surface area contributed by atoms with Crippen LogP contribution in [0.25, 0.3) is 0 Å². The van der Waals surface area contributed by atoms with Crippen LogP contribution in [0.3, 0.4) is 0 Å². The number of guanidine groups is 1. The van der Waals surface area contributed by atoms with Crippen molar-refractivity contribution < 1.29 is 18.9 Å². The molecule has 1 unspecified atom stereocenters. The highest BCUT2D eigenvalue weighted by Gasteiger charge is 2.25. The van der Waals surface area contributed by atoms with E-state index in [2.05, 4.69) is 17.1 Å². The molecular weight excluding hydrogens is 346 g/mol. The Kier molecular flexibility index (Phi) is 9.21. The van der Waals surface area contributed by atoms with Gasteiger partial charge in [-0.25, -0.2) is 4.99 Å². The van der Waals surface area contributed by atoms with E-state index in [0.717, 1.165) is 55.7 Å². The van der Waals surface area contributed by atoms with Crippen molar-refractivity contribution in [2.45, 2.75) is 19.9 Å². The van der Waals surface area contributed by atoms with Gasteiger partial charge in [0.15, 0.2) is 17.5 Å². The molecule has 0 aliphatic carbocycles. The quantitative estimate of drug-likeness (QED) is 0.382. The summed E-state index contributed by atoms with van der Waals surface area (Å²) in [6.45, 7) is 7.56. The topological polar surface area (TPSA) is 64.6 Å². The third-order valence-electron chi connectivity index (χ3n) is 4.56. The molecule has 1 fully saturated rings. The first-order valence-corrected chi connectivity index (χ1v) is 9.52. The number of hydrogen-bond acceptors (Lipinski definition) is 5. The molecule has 0 spiro atoms. The van der Waals surface area contributed by atoms with Gasteiger partial charge in [-0.3, -0.25) is 0 Å². The molecule has 27 heavy (non-hydrogen) atoms. The van der Waals surface area contributed by atoms with Gasteiger partial charge < -0.3 is 29.2 Å². The van der Waals surface area contributed by atoms with Gasteiger partial charge in [-0.2, -0.15) is 0 Å². The summed E-state index contributed by atoms with van der Waals surface area (Å²) in [7, 11) is 4.98. The Bertz CT molecular complexity index is 595. The lowest BCUT2D eigenvalue weighted by Crippen LogP contribution is -2.40. The maximum Gasteiger partial charge on any atom is 0.194 e. The maximum atomic E-state index is 5.68. The van der Waals surface area contributed by atoms with E-state index in [1.165, 1.54) is 0 Å². The molecule has 1 saturated heterocycles. The van der Waals surface area contributed by atoms with Crippen molar-refractivity contribution >= 4 is 5.96 Å². The molecule has 0 aromatic heterocycles. The highest BCUT2D eigenvalue weighted by Crippen LogP contribution is 2.27. The van der Waals surface area contributed by atoms with E-state index in [1.54, 1.807) is 21.3 Å². The summed E-state index contributed by atoms with van der Waals surface area (Å²) in [6.07, 6.45) is 1.12. The van der Waals surface area contributed by atoms with E-state index in [0.29, 0.717) is 25.7 Å². The second-order valence-electron chi connectivity index (χ2n) is 6.53. The Morgan fingerprint density at radius 1 is 1.19 bits per heavy atom. The number of ether oxygens (including phenoxy) is 4. The van der Waals surface area contributed by atoms with Crippen LogP contribution in [0.15, 0.2) is 23.2 Å². The van der Waals surface area contributed by atoms with Crippen LogP contribution >= 0.6 is 0 Å². The van der Waals surface area contributed by atoms with E-state index in [-0.39, 0.29) is 0 Å². The SMILES string of the molecule is CCNC(=NCc1ccc(OC)c(OC)c1)N1CCC(COCCOC)C1. The molecule has 1 N–H and O–H groups in total. The molecule has 0 amide bonds. The number of hydrogen-bond donors (Lipinski definition) is 1. The van der Waals surface area contributed by atoms with Gasteiger partial charge in [-0.05, 0) is 31.0 Å². The molecule has 2 rings (SSSR count). The Balaban J connectivity index is 1.94. The Labute approximate surface area is 162 Å². The minimum Gasteiger partial charge on any atom is -0.493 e. The molecule has 0 radical (unpaired) electrons. The van der Waals surface area contributed by atoms with Crippen LogP contribution in [0.5, 0.6) is 11.5 Å². The first-order valence-electron chi connectivity index (χ1n) is 9.52. The maximum absolute atomic E-state index is 5.68. The summed E-state index contributed by atoms with van der Waals surface area (Å²) in [5, 5.41) is 3.40. The summed E-state index contributed by atoms with van der Waals surface area (Å²) >= 11 is 0. The monoisotopic (exact) mass is 379 g/mol. The third kappa shape index (κ3) is 6.59. The second-order valence-corrected chi connectivity index (χ2v) is 6.53. The molecule has 152 valence electrons. The molecule has 1 aromatic carbocycles. The van der Waals surface area contributed by atoms with Crippen molar-refractivity contribution in [3.05, 3.63) is 23.8 Å². The van der Waals surface area contributed by atoms with Crippen LogP contribution in [0, 0.1) is 5.92 Å². The number of likely N-dealkylation sites (tertiary alicyclic amines) is 1. The van der Waals surface area contributed by atoms with Gasteiger partial charge in [0, 0.05) is 32.7 Å². The number of rotatable bonds is 10. The number of nitrogens with zero attached hydrogens (tertiary/aromatic N) is 2. The van der Waals surface area contributed by atoms with Crippen LogP contribution in [0.4, 0.5) is 0 Å². The van der Waals surface area contributed by atoms with E-state index in [9.17, 15) is 0 Å². The Morgan fingerprint density at radius 2 is 2.00 bits per heavy atom. The number of benzene rings is 1. The van der Waals surface area contributed by atoms with E-state index >= 15 is 0 Å². The van der Waals surface area contributed by atoms with Gasteiger partial charge >= 0.3 is 0 Å². The minimum atomic E-state index is 0.534. The predicted molar refractivity (Wildman–Crippen MR) is 107 cm³/mol. The van der Waals surface area contributed by atoms with Crippen LogP contribution in [0.2, 0.25) is 0 Å². The fraction of sp³-hybridized carbons (Fsp3) is 0.650. The molecular formula is C20H33N3O4. The van der Waals surface area contributed by atoms with Gasteiger partial charge in [0.25, 0.3) is 0 Å². The van der Waals surface area contributed by atoms with E-state index in [1.807, 2.05) is 18.2 Å². The van der Waals surface area contributed by atoms with Gasteiger partial charge in [-0.15, -0.1) is 0 Å². The van der Waals surface area contributed by atoms with Gasteiger partial charge in [0.05, 0.1) is 40.6 Å². The van der Waals surface area contributed by atoms with Crippen LogP contribution in [-0.2, 0) is 16.0 Å². The standard InChI is InChI=1S/C20H33N3O4/c1-5-21-20(23-9-8-17(14-23)15-27-11-10-24-2)22-13-16-6-7-18(25-3)19(12-16)26-4/h6-7,12,17H,5,8-11,13-15H2,1-4H3,(H,21,22). The van der Waals surface area contributed by atoms with Crippen molar-refractivity contribution in [2.75, 3.05) is 60.8 Å². The van der Waals surface area contributed by atoms with Crippen LogP contribution < -0.4 is 14.8 Å². The lowest BCUT2D eigenvalue weighted by atomic mass is 10.1. The molecule has 1 aliphatic heterocycles. The lowest BCUT2D eigenvalue weighted by molar-refractivity contribution is 0.0536. The predicted octanol–water partition coefficient (Wildman–Crippen LogP) is 2.15. The fourth-order valence-electron chi connectivity index (χ4n) is 3.12. The molecule has 1 aromatic rings. The first kappa shape index (κ1) is 21.3. The number of aliphatic imine (C=N–C) groups is 1. The zero-order valence-corrected chi connectivity index (χ0v) is 17.0. The lowest BCUT2D eigenvalue weighted by Gasteiger charge is -2.22. The highest BCUT2D eigenvalue weighted by atomic mass is 16.5. The molecule has 1 heterocycles. The summed E-state index contributed by atoms with van der Waals surface area (Å²) in [5.41, 5.74) is 1.08. The summed E-state index contributed by atoms with van der Waals surface area (Å²) in [4.78, 5) is 7.13. The smallest absolute Gasteiger partial charge is 0.194 e. The largest absolute Gasteiger partial charge is 0.493 e. The van der Waals surface area contributed by atoms with Crippen LogP contribution in [-0.4, -0.2) is 71.6 Å². The second kappa shape index (κ2) is 11.7. The molecule has 7 nitrogen and oxygen atoms in total. The molecule has 0 saturated carbocycles. The van der Waals surface area contributed by atoms with E-state index < -0.39 is 0 Å². The van der Waals surface area contributed by atoms with Crippen molar-refractivity contribution in [3.8, 4) is 11.5 Å². The fourth-order valence-corrected chi connectivity index (χ4v) is 3.12. The summed E-state index contributed by atoms with van der Waals surface area (Å²) in [6, 6.07) is 5.91. The highest BCUT2D eigenvalue weighted by molar-refractivity contribution is 5.80. The minimum absolute atomic E-state index is 0.534. The van der Waals surface area contributed by atoms with Gasteiger partial charge in [-0.1, -0.05) is 6.07 Å².